The summed E-state index contributed by atoms with van der Waals surface area (Å²) in [6.45, 7) is 5.05. The van der Waals surface area contributed by atoms with E-state index in [9.17, 15) is 14.4 Å². The van der Waals surface area contributed by atoms with E-state index in [1.165, 1.54) is 0 Å². The third-order valence-electron chi connectivity index (χ3n) is 5.02. The quantitative estimate of drug-likeness (QED) is 0.753. The van der Waals surface area contributed by atoms with Gasteiger partial charge in [-0.2, -0.15) is 0 Å². The average molecular weight is 394 g/mol. The summed E-state index contributed by atoms with van der Waals surface area (Å²) in [7, 11) is 0. The standard InChI is InChI=1S/C22H26N4O3/c1-15-3-4-19(16(2)11-15)25-20(27)7-10-24-22(29)18-12-21(28)26(14-18)13-17-5-8-23-9-6-17/h3-6,8-9,11,18H,7,10,12-14H2,1-2H3,(H,24,29)(H,25,27). The van der Waals surface area contributed by atoms with Crippen LogP contribution in [0.1, 0.15) is 29.5 Å². The van der Waals surface area contributed by atoms with E-state index in [0.717, 1.165) is 22.4 Å². The zero-order chi connectivity index (χ0) is 20.8. The predicted octanol–water partition coefficient (Wildman–Crippen LogP) is 2.19. The highest BCUT2D eigenvalue weighted by Gasteiger charge is 2.34. The minimum absolute atomic E-state index is 0.0328. The number of hydrogen-bond donors (Lipinski definition) is 2. The van der Waals surface area contributed by atoms with Crippen LogP contribution in [0.25, 0.3) is 0 Å². The van der Waals surface area contributed by atoms with Crippen molar-refractivity contribution in [2.45, 2.75) is 33.2 Å². The van der Waals surface area contributed by atoms with Crippen molar-refractivity contribution in [1.29, 1.82) is 0 Å². The van der Waals surface area contributed by atoms with Crippen LogP contribution in [-0.2, 0) is 20.9 Å². The van der Waals surface area contributed by atoms with Gasteiger partial charge in [0.15, 0.2) is 0 Å². The first-order valence-electron chi connectivity index (χ1n) is 9.74. The van der Waals surface area contributed by atoms with Crippen molar-refractivity contribution in [1.82, 2.24) is 15.2 Å². The molecule has 1 aliphatic heterocycles. The normalized spacial score (nSPS) is 16.0. The fourth-order valence-electron chi connectivity index (χ4n) is 3.42. The molecule has 29 heavy (non-hydrogen) atoms. The van der Waals surface area contributed by atoms with Gasteiger partial charge in [-0.1, -0.05) is 17.7 Å². The fourth-order valence-corrected chi connectivity index (χ4v) is 3.42. The molecule has 2 aromatic rings. The molecule has 3 rings (SSSR count). The number of aromatic nitrogens is 1. The van der Waals surface area contributed by atoms with Gasteiger partial charge in [-0.3, -0.25) is 19.4 Å². The Hall–Kier alpha value is -3.22. The summed E-state index contributed by atoms with van der Waals surface area (Å²) in [5, 5.41) is 5.65. The van der Waals surface area contributed by atoms with Crippen LogP contribution in [0.5, 0.6) is 0 Å². The Kier molecular flexibility index (Phi) is 6.59. The second-order valence-electron chi connectivity index (χ2n) is 7.44. The molecule has 0 radical (unpaired) electrons. The molecule has 152 valence electrons. The highest BCUT2D eigenvalue weighted by molar-refractivity contribution is 5.92. The number of carbonyl (C=O) groups excluding carboxylic acids is 3. The highest BCUT2D eigenvalue weighted by atomic mass is 16.2. The number of carbonyl (C=O) groups is 3. The van der Waals surface area contributed by atoms with E-state index >= 15 is 0 Å². The summed E-state index contributed by atoms with van der Waals surface area (Å²) in [5.41, 5.74) is 3.90. The van der Waals surface area contributed by atoms with Crippen LogP contribution in [0.4, 0.5) is 5.69 Å². The van der Waals surface area contributed by atoms with E-state index in [0.29, 0.717) is 13.1 Å². The summed E-state index contributed by atoms with van der Waals surface area (Å²) in [6.07, 6.45) is 3.75. The summed E-state index contributed by atoms with van der Waals surface area (Å²) in [4.78, 5) is 42.4. The maximum atomic E-state index is 12.4. The Balaban J connectivity index is 1.42. The van der Waals surface area contributed by atoms with Gasteiger partial charge in [0.2, 0.25) is 17.7 Å². The molecule has 1 atom stereocenters. The molecular formula is C22H26N4O3. The molecule has 1 aliphatic rings. The summed E-state index contributed by atoms with van der Waals surface area (Å²) in [6, 6.07) is 9.54. The van der Waals surface area contributed by atoms with Crippen molar-refractivity contribution in [3.05, 3.63) is 59.4 Å². The largest absolute Gasteiger partial charge is 0.355 e. The molecule has 0 aliphatic carbocycles. The van der Waals surface area contributed by atoms with Gasteiger partial charge >= 0.3 is 0 Å². The Labute approximate surface area is 170 Å². The summed E-state index contributed by atoms with van der Waals surface area (Å²) >= 11 is 0. The van der Waals surface area contributed by atoms with Crippen molar-refractivity contribution in [3.63, 3.8) is 0 Å². The van der Waals surface area contributed by atoms with E-state index < -0.39 is 0 Å². The monoisotopic (exact) mass is 394 g/mol. The first-order valence-corrected chi connectivity index (χ1v) is 9.74. The summed E-state index contributed by atoms with van der Waals surface area (Å²) < 4.78 is 0. The van der Waals surface area contributed by atoms with Gasteiger partial charge < -0.3 is 15.5 Å². The van der Waals surface area contributed by atoms with Crippen molar-refractivity contribution in [2.24, 2.45) is 5.92 Å². The lowest BCUT2D eigenvalue weighted by Crippen LogP contribution is -2.34. The zero-order valence-electron chi connectivity index (χ0n) is 16.8. The molecule has 1 fully saturated rings. The molecule has 0 saturated carbocycles. The second kappa shape index (κ2) is 9.32. The number of amides is 3. The third kappa shape index (κ3) is 5.63. The number of pyridine rings is 1. The van der Waals surface area contributed by atoms with Crippen LogP contribution in [0, 0.1) is 19.8 Å². The van der Waals surface area contributed by atoms with E-state index in [-0.39, 0.29) is 43.0 Å². The second-order valence-corrected chi connectivity index (χ2v) is 7.44. The number of rotatable bonds is 7. The Bertz CT molecular complexity index is 898. The van der Waals surface area contributed by atoms with Crippen molar-refractivity contribution in [2.75, 3.05) is 18.4 Å². The number of likely N-dealkylation sites (tertiary alicyclic amines) is 1. The maximum Gasteiger partial charge on any atom is 0.226 e. The van der Waals surface area contributed by atoms with E-state index in [2.05, 4.69) is 15.6 Å². The van der Waals surface area contributed by atoms with Crippen molar-refractivity contribution >= 4 is 23.4 Å². The van der Waals surface area contributed by atoms with Crippen LogP contribution in [0.15, 0.2) is 42.7 Å². The molecule has 1 aromatic heterocycles. The molecule has 1 aromatic carbocycles. The Morgan fingerprint density at radius 3 is 2.66 bits per heavy atom. The predicted molar refractivity (Wildman–Crippen MR) is 110 cm³/mol. The zero-order valence-corrected chi connectivity index (χ0v) is 16.8. The lowest BCUT2D eigenvalue weighted by Gasteiger charge is -2.16. The minimum Gasteiger partial charge on any atom is -0.355 e. The van der Waals surface area contributed by atoms with Gasteiger partial charge in [0.25, 0.3) is 0 Å². The van der Waals surface area contributed by atoms with Crippen LogP contribution in [0.2, 0.25) is 0 Å². The number of benzene rings is 1. The molecule has 0 bridgehead atoms. The Morgan fingerprint density at radius 1 is 1.17 bits per heavy atom. The first kappa shape index (κ1) is 20.5. The average Bonchev–Trinajstić information content (AvgIpc) is 3.05. The first-order chi connectivity index (χ1) is 13.9. The molecule has 0 spiro atoms. The van der Waals surface area contributed by atoms with Gasteiger partial charge in [0.1, 0.15) is 0 Å². The van der Waals surface area contributed by atoms with E-state index in [1.807, 2.05) is 44.2 Å². The van der Waals surface area contributed by atoms with Gasteiger partial charge in [0, 0.05) is 50.6 Å². The SMILES string of the molecule is Cc1ccc(NC(=O)CCNC(=O)C2CC(=O)N(Cc3ccncc3)C2)c(C)c1. The molecular weight excluding hydrogens is 368 g/mol. The van der Waals surface area contributed by atoms with Crippen LogP contribution in [-0.4, -0.2) is 40.7 Å². The molecule has 3 amide bonds. The third-order valence-corrected chi connectivity index (χ3v) is 5.02. The van der Waals surface area contributed by atoms with Crippen molar-refractivity contribution in [3.8, 4) is 0 Å². The number of aryl methyl sites for hydroxylation is 2. The highest BCUT2D eigenvalue weighted by Crippen LogP contribution is 2.20. The molecule has 2 N–H and O–H groups in total. The van der Waals surface area contributed by atoms with E-state index in [4.69, 9.17) is 0 Å². The summed E-state index contributed by atoms with van der Waals surface area (Å²) in [5.74, 6) is -0.754. The Morgan fingerprint density at radius 2 is 1.93 bits per heavy atom. The lowest BCUT2D eigenvalue weighted by atomic mass is 10.1. The van der Waals surface area contributed by atoms with Gasteiger partial charge in [-0.15, -0.1) is 0 Å². The number of anilines is 1. The minimum atomic E-state index is -0.383. The molecule has 7 nitrogen and oxygen atoms in total. The number of hydrogen-bond acceptors (Lipinski definition) is 4. The molecule has 7 heteroatoms. The smallest absolute Gasteiger partial charge is 0.226 e. The van der Waals surface area contributed by atoms with Gasteiger partial charge in [-0.25, -0.2) is 0 Å². The maximum absolute atomic E-state index is 12.4. The van der Waals surface area contributed by atoms with Crippen LogP contribution < -0.4 is 10.6 Å². The number of nitrogens with one attached hydrogen (secondary N) is 2. The molecule has 1 saturated heterocycles. The van der Waals surface area contributed by atoms with Gasteiger partial charge in [-0.05, 0) is 43.2 Å². The molecule has 1 unspecified atom stereocenters. The lowest BCUT2D eigenvalue weighted by molar-refractivity contribution is -0.129. The van der Waals surface area contributed by atoms with Crippen LogP contribution in [0.3, 0.4) is 0 Å². The number of nitrogens with zero attached hydrogens (tertiary/aromatic N) is 2. The van der Waals surface area contributed by atoms with Gasteiger partial charge in [0.05, 0.1) is 5.92 Å². The topological polar surface area (TPSA) is 91.4 Å². The van der Waals surface area contributed by atoms with Crippen LogP contribution >= 0.6 is 0 Å². The van der Waals surface area contributed by atoms with Crippen molar-refractivity contribution < 1.29 is 14.4 Å². The molecule has 2 heterocycles. The van der Waals surface area contributed by atoms with E-state index in [1.54, 1.807) is 17.3 Å². The fraction of sp³-hybridized carbons (Fsp3) is 0.364.